The summed E-state index contributed by atoms with van der Waals surface area (Å²) in [6, 6.07) is 8.81. The van der Waals surface area contributed by atoms with Gasteiger partial charge in [0.2, 0.25) is 0 Å². The molecule has 0 radical (unpaired) electrons. The molecule has 2 N–H and O–H groups in total. The third kappa shape index (κ3) is 3.87. The van der Waals surface area contributed by atoms with Crippen LogP contribution >= 0.6 is 0 Å². The standard InChI is InChI=1S/C9H12O2.C2H4O/c1-2-9(10,11)8-6-4-3-5-7-8;1-2-3-1/h3-7,10-11H,2H2,1H3;1-2H2. The van der Waals surface area contributed by atoms with E-state index in [1.807, 2.05) is 6.07 Å². The van der Waals surface area contributed by atoms with Gasteiger partial charge < -0.3 is 14.9 Å². The molecule has 0 saturated carbocycles. The lowest BCUT2D eigenvalue weighted by molar-refractivity contribution is -0.171. The van der Waals surface area contributed by atoms with Crippen molar-refractivity contribution < 1.29 is 14.9 Å². The number of aliphatic hydroxyl groups is 2. The smallest absolute Gasteiger partial charge is 0.189 e. The van der Waals surface area contributed by atoms with E-state index < -0.39 is 5.79 Å². The van der Waals surface area contributed by atoms with Crippen LogP contribution in [0.25, 0.3) is 0 Å². The Morgan fingerprint density at radius 1 is 1.21 bits per heavy atom. The maximum atomic E-state index is 9.35. The van der Waals surface area contributed by atoms with Gasteiger partial charge in [-0.1, -0.05) is 37.3 Å². The van der Waals surface area contributed by atoms with Crippen LogP contribution in [0.2, 0.25) is 0 Å². The van der Waals surface area contributed by atoms with E-state index in [1.54, 1.807) is 31.2 Å². The fraction of sp³-hybridized carbons (Fsp3) is 0.455. The fourth-order valence-corrected chi connectivity index (χ4v) is 0.909. The van der Waals surface area contributed by atoms with Crippen molar-refractivity contribution in [2.75, 3.05) is 13.2 Å². The molecule has 0 aliphatic carbocycles. The lowest BCUT2D eigenvalue weighted by atomic mass is 10.0. The first-order valence-corrected chi connectivity index (χ1v) is 4.75. The second kappa shape index (κ2) is 5.10. The van der Waals surface area contributed by atoms with Crippen LogP contribution in [-0.4, -0.2) is 23.4 Å². The third-order valence-electron chi connectivity index (χ3n) is 1.93. The Kier molecular flexibility index (Phi) is 4.07. The number of hydrogen-bond acceptors (Lipinski definition) is 3. The topological polar surface area (TPSA) is 53.0 Å². The highest BCUT2D eigenvalue weighted by atomic mass is 16.6. The Morgan fingerprint density at radius 2 is 1.71 bits per heavy atom. The summed E-state index contributed by atoms with van der Waals surface area (Å²) in [6.45, 7) is 3.73. The lowest BCUT2D eigenvalue weighted by Crippen LogP contribution is -2.23. The molecule has 0 unspecified atom stereocenters. The Bertz CT molecular complexity index is 252. The van der Waals surface area contributed by atoms with Gasteiger partial charge in [-0.05, 0) is 0 Å². The first kappa shape index (κ1) is 11.2. The minimum absolute atomic E-state index is 0.303. The van der Waals surface area contributed by atoms with Crippen LogP contribution in [0.4, 0.5) is 0 Å². The monoisotopic (exact) mass is 196 g/mol. The maximum absolute atomic E-state index is 9.35. The van der Waals surface area contributed by atoms with Gasteiger partial charge in [-0.3, -0.25) is 0 Å². The zero-order chi connectivity index (χ0) is 10.4. The first-order valence-electron chi connectivity index (χ1n) is 4.75. The third-order valence-corrected chi connectivity index (χ3v) is 1.93. The van der Waals surface area contributed by atoms with Crippen LogP contribution in [0.1, 0.15) is 18.9 Å². The molecule has 0 amide bonds. The minimum Gasteiger partial charge on any atom is -0.377 e. The Balaban J connectivity index is 0.000000276. The molecule has 14 heavy (non-hydrogen) atoms. The highest BCUT2D eigenvalue weighted by Crippen LogP contribution is 2.20. The second-order valence-electron chi connectivity index (χ2n) is 3.15. The van der Waals surface area contributed by atoms with Crippen LogP contribution in [0.5, 0.6) is 0 Å². The normalized spacial score (nSPS) is 14.2. The van der Waals surface area contributed by atoms with Gasteiger partial charge in [0.15, 0.2) is 5.79 Å². The largest absolute Gasteiger partial charge is 0.377 e. The Labute approximate surface area is 84.0 Å². The molecule has 1 aliphatic heterocycles. The SMILES string of the molecule is C1CO1.CCC(O)(O)c1ccccc1. The van der Waals surface area contributed by atoms with Gasteiger partial charge in [0.25, 0.3) is 0 Å². The van der Waals surface area contributed by atoms with E-state index in [2.05, 4.69) is 4.74 Å². The molecule has 1 fully saturated rings. The van der Waals surface area contributed by atoms with Crippen molar-refractivity contribution in [1.29, 1.82) is 0 Å². The van der Waals surface area contributed by atoms with Gasteiger partial charge in [0.05, 0.1) is 13.2 Å². The summed E-state index contributed by atoms with van der Waals surface area (Å²) in [7, 11) is 0. The van der Waals surface area contributed by atoms with Crippen molar-refractivity contribution in [3.05, 3.63) is 35.9 Å². The molecule has 1 aromatic rings. The summed E-state index contributed by atoms with van der Waals surface area (Å²) < 4.78 is 4.50. The molecule has 2 rings (SSSR count). The van der Waals surface area contributed by atoms with E-state index in [4.69, 9.17) is 0 Å². The van der Waals surface area contributed by atoms with Gasteiger partial charge in [-0.2, -0.15) is 0 Å². The van der Waals surface area contributed by atoms with Crippen molar-refractivity contribution in [3.63, 3.8) is 0 Å². The molecule has 3 nitrogen and oxygen atoms in total. The minimum atomic E-state index is -1.67. The number of benzene rings is 1. The lowest BCUT2D eigenvalue weighted by Gasteiger charge is -2.19. The van der Waals surface area contributed by atoms with Gasteiger partial charge >= 0.3 is 0 Å². The zero-order valence-electron chi connectivity index (χ0n) is 8.31. The van der Waals surface area contributed by atoms with Crippen molar-refractivity contribution in [2.45, 2.75) is 19.1 Å². The number of epoxide rings is 1. The van der Waals surface area contributed by atoms with E-state index in [9.17, 15) is 10.2 Å². The van der Waals surface area contributed by atoms with Crippen LogP contribution in [0.15, 0.2) is 30.3 Å². The first-order chi connectivity index (χ1) is 6.67. The van der Waals surface area contributed by atoms with Crippen molar-refractivity contribution in [3.8, 4) is 0 Å². The number of ether oxygens (including phenoxy) is 1. The van der Waals surface area contributed by atoms with Crippen LogP contribution in [0.3, 0.4) is 0 Å². The highest BCUT2D eigenvalue weighted by molar-refractivity contribution is 5.19. The van der Waals surface area contributed by atoms with Gasteiger partial charge in [-0.15, -0.1) is 0 Å². The molecule has 0 aromatic heterocycles. The Morgan fingerprint density at radius 3 is 2.07 bits per heavy atom. The fourth-order valence-electron chi connectivity index (χ4n) is 0.909. The molecule has 1 saturated heterocycles. The van der Waals surface area contributed by atoms with Crippen molar-refractivity contribution in [1.82, 2.24) is 0 Å². The summed E-state index contributed by atoms with van der Waals surface area (Å²) in [5.41, 5.74) is 0.544. The van der Waals surface area contributed by atoms with E-state index in [0.717, 1.165) is 13.2 Å². The summed E-state index contributed by atoms with van der Waals surface area (Å²) in [5, 5.41) is 18.7. The highest BCUT2D eigenvalue weighted by Gasteiger charge is 2.21. The van der Waals surface area contributed by atoms with Gasteiger partial charge in [0, 0.05) is 12.0 Å². The maximum Gasteiger partial charge on any atom is 0.189 e. The van der Waals surface area contributed by atoms with Crippen LogP contribution < -0.4 is 0 Å². The second-order valence-corrected chi connectivity index (χ2v) is 3.15. The Hall–Kier alpha value is -0.900. The molecule has 1 aromatic carbocycles. The quantitative estimate of drug-likeness (QED) is 0.553. The van der Waals surface area contributed by atoms with Crippen molar-refractivity contribution >= 4 is 0 Å². The molecule has 3 heteroatoms. The van der Waals surface area contributed by atoms with Gasteiger partial charge in [0.1, 0.15) is 0 Å². The molecule has 1 heterocycles. The average molecular weight is 196 g/mol. The average Bonchev–Trinajstić information content (AvgIpc) is 3.06. The van der Waals surface area contributed by atoms with Crippen LogP contribution in [0, 0.1) is 0 Å². The predicted octanol–water partition coefficient (Wildman–Crippen LogP) is 1.25. The summed E-state index contributed by atoms with van der Waals surface area (Å²) in [6.07, 6.45) is 0.303. The molecule has 1 aliphatic rings. The van der Waals surface area contributed by atoms with E-state index in [1.165, 1.54) is 0 Å². The summed E-state index contributed by atoms with van der Waals surface area (Å²) >= 11 is 0. The summed E-state index contributed by atoms with van der Waals surface area (Å²) in [5.74, 6) is -1.67. The molecule has 78 valence electrons. The van der Waals surface area contributed by atoms with E-state index >= 15 is 0 Å². The van der Waals surface area contributed by atoms with Crippen molar-refractivity contribution in [2.24, 2.45) is 0 Å². The van der Waals surface area contributed by atoms with E-state index in [-0.39, 0.29) is 0 Å². The summed E-state index contributed by atoms with van der Waals surface area (Å²) in [4.78, 5) is 0. The molecular formula is C11H16O3. The van der Waals surface area contributed by atoms with Gasteiger partial charge in [-0.25, -0.2) is 0 Å². The zero-order valence-corrected chi connectivity index (χ0v) is 8.31. The number of rotatable bonds is 2. The number of hydrogen-bond donors (Lipinski definition) is 2. The molecular weight excluding hydrogens is 180 g/mol. The predicted molar refractivity (Wildman–Crippen MR) is 53.7 cm³/mol. The van der Waals surface area contributed by atoms with E-state index in [0.29, 0.717) is 12.0 Å². The van der Waals surface area contributed by atoms with Crippen LogP contribution in [-0.2, 0) is 10.5 Å². The molecule has 0 atom stereocenters. The molecule has 0 spiro atoms. The molecule has 0 bridgehead atoms.